The lowest BCUT2D eigenvalue weighted by atomic mass is 10.0. The average Bonchev–Trinajstić information content (AvgIpc) is 2.82. The molecular weight excluding hydrogens is 389 g/mol. The first-order valence-corrected chi connectivity index (χ1v) is 10.7. The molecule has 5 heteroatoms. The molecule has 1 amide bonds. The number of likely N-dealkylation sites (N-methyl/N-ethyl adjacent to an activating group) is 1. The molecule has 3 aromatic rings. The summed E-state index contributed by atoms with van der Waals surface area (Å²) in [6, 6.07) is 24.4. The standard InChI is InChI=1S/C26H28FN3O/c1-29-15-17-30(18-16-29)25(22-11-13-24(27)14-12-22)19-28-26(31)23-9-7-21(8-10-23)20-5-3-2-4-6-20/h2-14,25H,15-19H2,1H3,(H,28,31)/t25-/m0/s1. The van der Waals surface area contributed by atoms with Crippen LogP contribution >= 0.6 is 0 Å². The third-order valence-electron chi connectivity index (χ3n) is 5.94. The zero-order valence-corrected chi connectivity index (χ0v) is 17.8. The van der Waals surface area contributed by atoms with Crippen LogP contribution in [0.15, 0.2) is 78.9 Å². The minimum absolute atomic E-state index is 0.0156. The molecule has 1 heterocycles. The SMILES string of the molecule is CN1CCN([C@@H](CNC(=O)c2ccc(-c3ccccc3)cc2)c2ccc(F)cc2)CC1. The maximum Gasteiger partial charge on any atom is 0.251 e. The van der Waals surface area contributed by atoms with E-state index >= 15 is 0 Å². The van der Waals surface area contributed by atoms with Crippen molar-refractivity contribution in [1.82, 2.24) is 15.1 Å². The van der Waals surface area contributed by atoms with Crippen molar-refractivity contribution in [3.63, 3.8) is 0 Å². The number of piperazine rings is 1. The molecule has 0 aliphatic carbocycles. The van der Waals surface area contributed by atoms with E-state index in [1.807, 2.05) is 54.6 Å². The molecule has 160 valence electrons. The summed E-state index contributed by atoms with van der Waals surface area (Å²) >= 11 is 0. The molecule has 0 aromatic heterocycles. The van der Waals surface area contributed by atoms with Crippen LogP contribution in [0.25, 0.3) is 11.1 Å². The van der Waals surface area contributed by atoms with Crippen molar-refractivity contribution in [2.45, 2.75) is 6.04 Å². The Balaban J connectivity index is 1.44. The van der Waals surface area contributed by atoms with Gasteiger partial charge in [0, 0.05) is 38.3 Å². The number of nitrogens with one attached hydrogen (secondary N) is 1. The van der Waals surface area contributed by atoms with Crippen molar-refractivity contribution >= 4 is 5.91 Å². The highest BCUT2D eigenvalue weighted by Gasteiger charge is 2.24. The summed E-state index contributed by atoms with van der Waals surface area (Å²) in [7, 11) is 2.12. The van der Waals surface area contributed by atoms with Crippen LogP contribution in [-0.2, 0) is 0 Å². The fourth-order valence-corrected chi connectivity index (χ4v) is 4.01. The second-order valence-electron chi connectivity index (χ2n) is 8.06. The molecule has 1 atom stereocenters. The van der Waals surface area contributed by atoms with Gasteiger partial charge in [-0.15, -0.1) is 0 Å². The van der Waals surface area contributed by atoms with Crippen LogP contribution in [0.5, 0.6) is 0 Å². The molecule has 4 nitrogen and oxygen atoms in total. The lowest BCUT2D eigenvalue weighted by molar-refractivity contribution is 0.0886. The maximum absolute atomic E-state index is 13.4. The topological polar surface area (TPSA) is 35.6 Å². The summed E-state index contributed by atoms with van der Waals surface area (Å²) in [4.78, 5) is 17.5. The molecule has 1 fully saturated rings. The summed E-state index contributed by atoms with van der Waals surface area (Å²) in [6.45, 7) is 4.27. The molecule has 1 aliphatic heterocycles. The zero-order valence-electron chi connectivity index (χ0n) is 17.8. The first-order valence-electron chi connectivity index (χ1n) is 10.7. The first kappa shape index (κ1) is 21.2. The normalized spacial score (nSPS) is 16.1. The maximum atomic E-state index is 13.4. The van der Waals surface area contributed by atoms with Crippen LogP contribution < -0.4 is 5.32 Å². The van der Waals surface area contributed by atoms with Gasteiger partial charge in [-0.05, 0) is 48.0 Å². The first-order chi connectivity index (χ1) is 15.1. The smallest absolute Gasteiger partial charge is 0.251 e. The highest BCUT2D eigenvalue weighted by atomic mass is 19.1. The zero-order chi connectivity index (χ0) is 21.6. The van der Waals surface area contributed by atoms with Gasteiger partial charge in [-0.3, -0.25) is 9.69 Å². The van der Waals surface area contributed by atoms with Gasteiger partial charge in [-0.2, -0.15) is 0 Å². The predicted octanol–water partition coefficient (Wildman–Crippen LogP) is 4.21. The van der Waals surface area contributed by atoms with Crippen molar-refractivity contribution in [1.29, 1.82) is 0 Å². The van der Waals surface area contributed by atoms with E-state index in [1.54, 1.807) is 0 Å². The second-order valence-corrected chi connectivity index (χ2v) is 8.06. The fourth-order valence-electron chi connectivity index (χ4n) is 4.01. The van der Waals surface area contributed by atoms with Crippen LogP contribution in [0.3, 0.4) is 0 Å². The largest absolute Gasteiger partial charge is 0.350 e. The lowest BCUT2D eigenvalue weighted by Gasteiger charge is -2.38. The summed E-state index contributed by atoms with van der Waals surface area (Å²) in [5.41, 5.74) is 3.86. The molecule has 0 saturated carbocycles. The van der Waals surface area contributed by atoms with Crippen molar-refractivity contribution < 1.29 is 9.18 Å². The van der Waals surface area contributed by atoms with Crippen molar-refractivity contribution in [2.75, 3.05) is 39.8 Å². The van der Waals surface area contributed by atoms with E-state index in [1.165, 1.54) is 12.1 Å². The van der Waals surface area contributed by atoms with Gasteiger partial charge in [-0.25, -0.2) is 4.39 Å². The molecule has 1 aliphatic rings. The van der Waals surface area contributed by atoms with Crippen LogP contribution in [0.4, 0.5) is 4.39 Å². The Morgan fingerprint density at radius 3 is 2.13 bits per heavy atom. The molecule has 0 unspecified atom stereocenters. The Hall–Kier alpha value is -3.02. The molecule has 1 saturated heterocycles. The summed E-state index contributed by atoms with van der Waals surface area (Å²) < 4.78 is 13.4. The Kier molecular flexibility index (Phi) is 6.75. The Morgan fingerprint density at radius 1 is 0.871 bits per heavy atom. The molecule has 0 bridgehead atoms. The van der Waals surface area contributed by atoms with E-state index < -0.39 is 0 Å². The van der Waals surface area contributed by atoms with Crippen molar-refractivity contribution in [2.24, 2.45) is 0 Å². The Morgan fingerprint density at radius 2 is 1.48 bits per heavy atom. The van der Waals surface area contributed by atoms with Gasteiger partial charge in [0.25, 0.3) is 5.91 Å². The monoisotopic (exact) mass is 417 g/mol. The number of halogens is 1. The van der Waals surface area contributed by atoms with E-state index in [0.29, 0.717) is 12.1 Å². The average molecular weight is 418 g/mol. The molecule has 0 radical (unpaired) electrons. The molecular formula is C26H28FN3O. The lowest BCUT2D eigenvalue weighted by Crippen LogP contribution is -2.48. The molecule has 1 N–H and O–H groups in total. The number of rotatable bonds is 6. The van der Waals surface area contributed by atoms with E-state index in [9.17, 15) is 9.18 Å². The molecule has 4 rings (SSSR count). The van der Waals surface area contributed by atoms with Crippen LogP contribution in [-0.4, -0.2) is 55.5 Å². The predicted molar refractivity (Wildman–Crippen MR) is 122 cm³/mol. The van der Waals surface area contributed by atoms with E-state index in [4.69, 9.17) is 0 Å². The van der Waals surface area contributed by atoms with Gasteiger partial charge in [0.1, 0.15) is 5.82 Å². The molecule has 3 aromatic carbocycles. The number of amides is 1. The minimum atomic E-state index is -0.247. The van der Waals surface area contributed by atoms with E-state index in [2.05, 4.69) is 34.3 Å². The minimum Gasteiger partial charge on any atom is -0.350 e. The number of benzene rings is 3. The van der Waals surface area contributed by atoms with Gasteiger partial charge in [0.2, 0.25) is 0 Å². The Labute approximate surface area is 183 Å². The summed E-state index contributed by atoms with van der Waals surface area (Å²) in [6.07, 6.45) is 0. The van der Waals surface area contributed by atoms with Gasteiger partial charge < -0.3 is 10.2 Å². The number of carbonyl (C=O) groups excluding carboxylic acids is 1. The highest BCUT2D eigenvalue weighted by Crippen LogP contribution is 2.23. The van der Waals surface area contributed by atoms with Crippen molar-refractivity contribution in [3.8, 4) is 11.1 Å². The van der Waals surface area contributed by atoms with Crippen LogP contribution in [0.2, 0.25) is 0 Å². The third-order valence-corrected chi connectivity index (χ3v) is 5.94. The van der Waals surface area contributed by atoms with Gasteiger partial charge in [0.15, 0.2) is 0 Å². The summed E-state index contributed by atoms with van der Waals surface area (Å²) in [5, 5.41) is 3.09. The van der Waals surface area contributed by atoms with Crippen LogP contribution in [0, 0.1) is 5.82 Å². The van der Waals surface area contributed by atoms with Gasteiger partial charge >= 0.3 is 0 Å². The number of hydrogen-bond donors (Lipinski definition) is 1. The number of carbonyl (C=O) groups is 1. The summed E-state index contributed by atoms with van der Waals surface area (Å²) in [5.74, 6) is -0.343. The molecule has 0 spiro atoms. The van der Waals surface area contributed by atoms with Gasteiger partial charge in [0.05, 0.1) is 6.04 Å². The van der Waals surface area contributed by atoms with Gasteiger partial charge in [-0.1, -0.05) is 54.6 Å². The molecule has 31 heavy (non-hydrogen) atoms. The van der Waals surface area contributed by atoms with E-state index in [0.717, 1.165) is 42.9 Å². The third kappa shape index (κ3) is 5.37. The Bertz CT molecular complexity index is 981. The highest BCUT2D eigenvalue weighted by molar-refractivity contribution is 5.94. The van der Waals surface area contributed by atoms with Crippen molar-refractivity contribution in [3.05, 3.63) is 95.8 Å². The van der Waals surface area contributed by atoms with Crippen LogP contribution in [0.1, 0.15) is 22.0 Å². The quantitative estimate of drug-likeness (QED) is 0.653. The van der Waals surface area contributed by atoms with E-state index in [-0.39, 0.29) is 17.8 Å². The second kappa shape index (κ2) is 9.86. The number of nitrogens with zero attached hydrogens (tertiary/aromatic N) is 2. The fraction of sp³-hybridized carbons (Fsp3) is 0.269. The number of hydrogen-bond acceptors (Lipinski definition) is 3.